The number of ether oxygens (including phenoxy) is 1. The van der Waals surface area contributed by atoms with Crippen LogP contribution in [0.4, 0.5) is 21.9 Å². The van der Waals surface area contributed by atoms with E-state index in [-0.39, 0.29) is 6.03 Å². The fourth-order valence-electron chi connectivity index (χ4n) is 4.43. The van der Waals surface area contributed by atoms with Gasteiger partial charge in [0, 0.05) is 36.2 Å². The Morgan fingerprint density at radius 3 is 2.40 bits per heavy atom. The van der Waals surface area contributed by atoms with Crippen LogP contribution in [-0.2, 0) is 6.42 Å². The number of anilines is 3. The number of hydrogen-bond donors (Lipinski definition) is 3. The second-order valence-electron chi connectivity index (χ2n) is 10.2. The number of pyridine rings is 1. The average Bonchev–Trinajstić information content (AvgIpc) is 3.46. The number of nitrogens with one attached hydrogen (secondary N) is 3. The minimum Gasteiger partial charge on any atom is -0.494 e. The van der Waals surface area contributed by atoms with Gasteiger partial charge in [-0.25, -0.2) is 14.8 Å². The second kappa shape index (κ2) is 14.3. The van der Waals surface area contributed by atoms with E-state index in [1.165, 1.54) is 11.3 Å². The van der Waals surface area contributed by atoms with Crippen molar-refractivity contribution >= 4 is 44.8 Å². The zero-order valence-electron chi connectivity index (χ0n) is 24.1. The van der Waals surface area contributed by atoms with Gasteiger partial charge in [0.25, 0.3) is 0 Å². The van der Waals surface area contributed by atoms with Gasteiger partial charge in [-0.3, -0.25) is 0 Å². The van der Waals surface area contributed by atoms with Crippen LogP contribution in [0.25, 0.3) is 20.9 Å². The highest BCUT2D eigenvalue weighted by Gasteiger charge is 2.15. The molecule has 0 atom stereocenters. The Hall–Kier alpha value is -4.98. The number of benzene rings is 3. The third kappa shape index (κ3) is 8.07. The Morgan fingerprint density at radius 1 is 0.977 bits per heavy atom. The van der Waals surface area contributed by atoms with Crippen LogP contribution < -0.4 is 20.7 Å². The molecule has 0 unspecified atom stereocenters. The van der Waals surface area contributed by atoms with Gasteiger partial charge in [0.15, 0.2) is 0 Å². The van der Waals surface area contributed by atoms with Crippen molar-refractivity contribution in [1.82, 2.24) is 14.9 Å². The van der Waals surface area contributed by atoms with E-state index in [1.807, 2.05) is 78.9 Å². The molecular formula is C33H33N7O2S. The van der Waals surface area contributed by atoms with Crippen LogP contribution >= 0.6 is 11.3 Å². The summed E-state index contributed by atoms with van der Waals surface area (Å²) in [6.45, 7) is 2.25. The molecule has 10 heteroatoms. The fraction of sp³-hybridized carbons (Fsp3) is 0.212. The Labute approximate surface area is 255 Å². The highest BCUT2D eigenvalue weighted by atomic mass is 32.1. The van der Waals surface area contributed by atoms with Gasteiger partial charge in [0.05, 0.1) is 17.9 Å². The zero-order chi connectivity index (χ0) is 30.0. The molecule has 2 heterocycles. The van der Waals surface area contributed by atoms with Gasteiger partial charge >= 0.3 is 6.03 Å². The predicted molar refractivity (Wildman–Crippen MR) is 174 cm³/mol. The van der Waals surface area contributed by atoms with E-state index < -0.39 is 0 Å². The molecule has 0 aliphatic carbocycles. The Balaban J connectivity index is 1.19. The van der Waals surface area contributed by atoms with Crippen molar-refractivity contribution in [1.29, 1.82) is 5.26 Å². The lowest BCUT2D eigenvalue weighted by atomic mass is 10.1. The minimum atomic E-state index is -0.297. The third-order valence-corrected chi connectivity index (χ3v) is 7.64. The van der Waals surface area contributed by atoms with Crippen molar-refractivity contribution in [2.24, 2.45) is 0 Å². The van der Waals surface area contributed by atoms with Crippen molar-refractivity contribution < 1.29 is 9.53 Å². The maximum Gasteiger partial charge on any atom is 0.323 e. The van der Waals surface area contributed by atoms with E-state index in [1.54, 1.807) is 6.20 Å². The molecule has 0 aliphatic rings. The van der Waals surface area contributed by atoms with E-state index in [0.717, 1.165) is 51.8 Å². The van der Waals surface area contributed by atoms with E-state index >= 15 is 0 Å². The van der Waals surface area contributed by atoms with Gasteiger partial charge in [0.2, 0.25) is 0 Å². The molecule has 43 heavy (non-hydrogen) atoms. The number of amides is 2. The molecule has 0 radical (unpaired) electrons. The van der Waals surface area contributed by atoms with Crippen LogP contribution in [0, 0.1) is 11.3 Å². The summed E-state index contributed by atoms with van der Waals surface area (Å²) in [7, 11) is 4.10. The van der Waals surface area contributed by atoms with Gasteiger partial charge < -0.3 is 25.6 Å². The highest BCUT2D eigenvalue weighted by molar-refractivity contribution is 7.21. The Kier molecular flexibility index (Phi) is 9.79. The molecule has 5 rings (SSSR count). The first kappa shape index (κ1) is 29.5. The van der Waals surface area contributed by atoms with Gasteiger partial charge in [-0.05, 0) is 81.0 Å². The topological polar surface area (TPSA) is 115 Å². The maximum atomic E-state index is 12.3. The molecular weight excluding hydrogens is 558 g/mol. The number of para-hydroxylation sites is 1. The molecule has 9 nitrogen and oxygen atoms in total. The summed E-state index contributed by atoms with van der Waals surface area (Å²) in [6, 6.07) is 26.9. The lowest BCUT2D eigenvalue weighted by Gasteiger charge is -2.10. The van der Waals surface area contributed by atoms with Crippen molar-refractivity contribution in [3.8, 4) is 22.4 Å². The number of carbonyl (C=O) groups is 1. The molecule has 218 valence electrons. The molecule has 2 aromatic heterocycles. The SMILES string of the molecule is CN(C)CCCOc1ccc(-c2nc3c(NCCc4ccc(NC(=O)Nc5ccccc5)cc4)c(C#N)cnc3s2)cc1. The van der Waals surface area contributed by atoms with Crippen LogP contribution in [0.3, 0.4) is 0 Å². The zero-order valence-corrected chi connectivity index (χ0v) is 24.9. The number of thiazole rings is 1. The molecule has 0 aliphatic heterocycles. The normalized spacial score (nSPS) is 10.8. The van der Waals surface area contributed by atoms with Crippen LogP contribution in [0.2, 0.25) is 0 Å². The van der Waals surface area contributed by atoms with Gasteiger partial charge in [-0.2, -0.15) is 5.26 Å². The second-order valence-corrected chi connectivity index (χ2v) is 11.2. The van der Waals surface area contributed by atoms with Gasteiger partial charge in [-0.15, -0.1) is 0 Å². The van der Waals surface area contributed by atoms with Gasteiger partial charge in [0.1, 0.15) is 27.2 Å². The highest BCUT2D eigenvalue weighted by Crippen LogP contribution is 2.34. The van der Waals surface area contributed by atoms with Gasteiger partial charge in [-0.1, -0.05) is 41.7 Å². The number of carbonyl (C=O) groups excluding carboxylic acids is 1. The number of urea groups is 1. The number of nitrogens with zero attached hydrogens (tertiary/aromatic N) is 4. The summed E-state index contributed by atoms with van der Waals surface area (Å²) in [5, 5.41) is 19.7. The number of nitriles is 1. The number of aromatic nitrogens is 2. The quantitative estimate of drug-likeness (QED) is 0.136. The van der Waals surface area contributed by atoms with E-state index in [0.29, 0.717) is 35.6 Å². The summed E-state index contributed by atoms with van der Waals surface area (Å²) in [4.78, 5) is 24.5. The van der Waals surface area contributed by atoms with Crippen LogP contribution in [0.15, 0.2) is 85.1 Å². The molecule has 3 N–H and O–H groups in total. The summed E-state index contributed by atoms with van der Waals surface area (Å²) in [6.07, 6.45) is 3.28. The summed E-state index contributed by atoms with van der Waals surface area (Å²) >= 11 is 1.49. The summed E-state index contributed by atoms with van der Waals surface area (Å²) in [5.74, 6) is 0.829. The standard InChI is InChI=1S/C33H33N7O2S/c1-40(2)19-6-20-42-28-15-11-24(12-16-28)31-39-30-29(25(21-34)22-36-32(30)43-31)35-18-17-23-9-13-27(14-10-23)38-33(41)37-26-7-4-3-5-8-26/h3-5,7-16,22H,6,17-20H2,1-2H3,(H,35,36)(H2,37,38,41). The van der Waals surface area contributed by atoms with Crippen molar-refractivity contribution in [2.45, 2.75) is 12.8 Å². The van der Waals surface area contributed by atoms with Crippen LogP contribution in [0.1, 0.15) is 17.5 Å². The maximum absolute atomic E-state index is 12.3. The molecule has 0 saturated heterocycles. The number of fused-ring (bicyclic) bond motifs is 1. The molecule has 3 aromatic carbocycles. The minimum absolute atomic E-state index is 0.297. The average molecular weight is 592 g/mol. The van der Waals surface area contributed by atoms with E-state index in [9.17, 15) is 10.1 Å². The summed E-state index contributed by atoms with van der Waals surface area (Å²) < 4.78 is 5.86. The fourth-order valence-corrected chi connectivity index (χ4v) is 5.35. The Bertz CT molecular complexity index is 1700. The van der Waals surface area contributed by atoms with E-state index in [4.69, 9.17) is 9.72 Å². The van der Waals surface area contributed by atoms with Crippen LogP contribution in [0.5, 0.6) is 5.75 Å². The van der Waals surface area contributed by atoms with Crippen molar-refractivity contribution in [3.05, 3.63) is 96.2 Å². The molecule has 5 aromatic rings. The van der Waals surface area contributed by atoms with Crippen molar-refractivity contribution in [3.63, 3.8) is 0 Å². The molecule has 0 saturated carbocycles. The van der Waals surface area contributed by atoms with Crippen LogP contribution in [-0.4, -0.2) is 54.7 Å². The molecule has 0 bridgehead atoms. The van der Waals surface area contributed by atoms with Crippen molar-refractivity contribution in [2.75, 3.05) is 49.7 Å². The monoisotopic (exact) mass is 591 g/mol. The first-order valence-electron chi connectivity index (χ1n) is 14.0. The van der Waals surface area contributed by atoms with E-state index in [2.05, 4.69) is 46.0 Å². The lowest BCUT2D eigenvalue weighted by Crippen LogP contribution is -2.19. The first-order chi connectivity index (χ1) is 21.0. The predicted octanol–water partition coefficient (Wildman–Crippen LogP) is 6.86. The third-order valence-electron chi connectivity index (χ3n) is 6.63. The smallest absolute Gasteiger partial charge is 0.323 e. The molecule has 0 spiro atoms. The lowest BCUT2D eigenvalue weighted by molar-refractivity contribution is 0.262. The first-order valence-corrected chi connectivity index (χ1v) is 14.8. The number of hydrogen-bond acceptors (Lipinski definition) is 8. The molecule has 2 amide bonds. The summed E-state index contributed by atoms with van der Waals surface area (Å²) in [5.41, 5.74) is 5.32. The largest absolute Gasteiger partial charge is 0.494 e. The Morgan fingerprint density at radius 2 is 1.70 bits per heavy atom. The molecule has 0 fully saturated rings. The number of rotatable bonds is 12.